The molecule has 0 spiro atoms. The van der Waals surface area contributed by atoms with Crippen molar-refractivity contribution < 1.29 is 23.8 Å². The van der Waals surface area contributed by atoms with Gasteiger partial charge in [0.2, 0.25) is 0 Å². The van der Waals surface area contributed by atoms with E-state index in [2.05, 4.69) is 61.6 Å². The average molecular weight is 523 g/mol. The molecule has 1 rings (SSSR count). The quantitative estimate of drug-likeness (QED) is 0.264. The Morgan fingerprint density at radius 2 is 1.39 bits per heavy atom. The standard InChI is InChI=1S/C30H54O5Si/c1-19(2)28(34-18-24-14-16-25(33-11)17-15-24)22(6)26(31)21(5)27(32)23(7)29(20(3)4)35-36(12,13)30(8,9)10/h14-17,19-23,26,28-29,31H,18H2,1-13H3/t21-,22+,23-,26-,28-,29-/m1/s1. The summed E-state index contributed by atoms with van der Waals surface area (Å²) in [4.78, 5) is 13.6. The van der Waals surface area contributed by atoms with Crippen LogP contribution in [0.4, 0.5) is 0 Å². The second-order valence-electron chi connectivity index (χ2n) is 12.8. The highest BCUT2D eigenvalue weighted by Crippen LogP contribution is 2.39. The molecule has 0 aromatic heterocycles. The van der Waals surface area contributed by atoms with Crippen LogP contribution in [0.5, 0.6) is 5.75 Å². The maximum Gasteiger partial charge on any atom is 0.192 e. The number of hydrogen-bond donors (Lipinski definition) is 1. The highest BCUT2D eigenvalue weighted by molar-refractivity contribution is 6.74. The Morgan fingerprint density at radius 1 is 0.889 bits per heavy atom. The predicted molar refractivity (Wildman–Crippen MR) is 152 cm³/mol. The predicted octanol–water partition coefficient (Wildman–Crippen LogP) is 7.12. The van der Waals surface area contributed by atoms with E-state index in [0.29, 0.717) is 6.61 Å². The van der Waals surface area contributed by atoms with Gasteiger partial charge in [-0.1, -0.05) is 81.4 Å². The van der Waals surface area contributed by atoms with Crippen LogP contribution in [0.1, 0.15) is 74.8 Å². The molecule has 0 amide bonds. The zero-order valence-corrected chi connectivity index (χ0v) is 26.2. The summed E-state index contributed by atoms with van der Waals surface area (Å²) >= 11 is 0. The third-order valence-corrected chi connectivity index (χ3v) is 12.6. The van der Waals surface area contributed by atoms with Crippen LogP contribution in [0.25, 0.3) is 0 Å². The van der Waals surface area contributed by atoms with Crippen LogP contribution in [0.3, 0.4) is 0 Å². The molecule has 0 aliphatic heterocycles. The molecule has 1 aromatic carbocycles. The molecule has 0 aliphatic rings. The minimum absolute atomic E-state index is 0.0596. The fourth-order valence-corrected chi connectivity index (χ4v) is 6.10. The van der Waals surface area contributed by atoms with Crippen LogP contribution in [-0.2, 0) is 20.6 Å². The Hall–Kier alpha value is -1.21. The van der Waals surface area contributed by atoms with E-state index >= 15 is 0 Å². The van der Waals surface area contributed by atoms with E-state index < -0.39 is 20.3 Å². The first-order chi connectivity index (χ1) is 16.4. The van der Waals surface area contributed by atoms with Crippen LogP contribution in [0, 0.1) is 29.6 Å². The molecule has 0 unspecified atom stereocenters. The number of Topliss-reactive ketones (excluding diaryl/α,β-unsaturated/α-hetero) is 1. The number of aliphatic hydroxyl groups is 1. The number of ketones is 1. The minimum atomic E-state index is -2.05. The van der Waals surface area contributed by atoms with Gasteiger partial charge in [0.1, 0.15) is 11.5 Å². The number of carbonyl (C=O) groups excluding carboxylic acids is 1. The van der Waals surface area contributed by atoms with E-state index in [1.54, 1.807) is 7.11 Å². The van der Waals surface area contributed by atoms with Crippen molar-refractivity contribution in [1.82, 2.24) is 0 Å². The van der Waals surface area contributed by atoms with E-state index in [-0.39, 0.29) is 46.7 Å². The van der Waals surface area contributed by atoms with E-state index in [4.69, 9.17) is 13.9 Å². The van der Waals surface area contributed by atoms with Crippen LogP contribution in [0.15, 0.2) is 24.3 Å². The van der Waals surface area contributed by atoms with Crippen molar-refractivity contribution in [2.75, 3.05) is 7.11 Å². The fraction of sp³-hybridized carbons (Fsp3) is 0.767. The van der Waals surface area contributed by atoms with Gasteiger partial charge in [0.25, 0.3) is 0 Å². The van der Waals surface area contributed by atoms with Gasteiger partial charge >= 0.3 is 0 Å². The number of methoxy groups -OCH3 is 1. The van der Waals surface area contributed by atoms with Gasteiger partial charge in [-0.25, -0.2) is 0 Å². The lowest BCUT2D eigenvalue weighted by Gasteiger charge is -2.42. The Morgan fingerprint density at radius 3 is 1.81 bits per heavy atom. The van der Waals surface area contributed by atoms with Gasteiger partial charge in [0, 0.05) is 17.8 Å². The van der Waals surface area contributed by atoms with Crippen molar-refractivity contribution in [1.29, 1.82) is 0 Å². The van der Waals surface area contributed by atoms with Crippen LogP contribution in [-0.4, -0.2) is 44.6 Å². The van der Waals surface area contributed by atoms with Gasteiger partial charge in [-0.2, -0.15) is 0 Å². The summed E-state index contributed by atoms with van der Waals surface area (Å²) in [6.07, 6.45) is -1.16. The maximum atomic E-state index is 13.6. The van der Waals surface area contributed by atoms with Crippen molar-refractivity contribution in [2.24, 2.45) is 29.6 Å². The normalized spacial score (nSPS) is 18.0. The summed E-state index contributed by atoms with van der Waals surface area (Å²) in [6, 6.07) is 7.81. The number of hydrogen-bond acceptors (Lipinski definition) is 5. The Labute approximate surface area is 222 Å². The molecule has 0 heterocycles. The van der Waals surface area contributed by atoms with Crippen molar-refractivity contribution in [3.8, 4) is 5.75 Å². The topological polar surface area (TPSA) is 65.0 Å². The van der Waals surface area contributed by atoms with Gasteiger partial charge in [-0.3, -0.25) is 4.79 Å². The summed E-state index contributed by atoms with van der Waals surface area (Å²) in [5.41, 5.74) is 1.04. The lowest BCUT2D eigenvalue weighted by atomic mass is 9.78. The number of rotatable bonds is 14. The first-order valence-corrected chi connectivity index (χ1v) is 16.5. The van der Waals surface area contributed by atoms with E-state index in [1.165, 1.54) is 0 Å². The van der Waals surface area contributed by atoms with Crippen molar-refractivity contribution in [3.63, 3.8) is 0 Å². The Balaban J connectivity index is 2.96. The van der Waals surface area contributed by atoms with Crippen LogP contribution in [0.2, 0.25) is 18.1 Å². The summed E-state index contributed by atoms with van der Waals surface area (Å²) < 4.78 is 18.3. The van der Waals surface area contributed by atoms with Crippen molar-refractivity contribution >= 4 is 14.1 Å². The van der Waals surface area contributed by atoms with Gasteiger partial charge in [-0.15, -0.1) is 0 Å². The molecule has 0 radical (unpaired) electrons. The summed E-state index contributed by atoms with van der Waals surface area (Å²) in [5, 5.41) is 11.4. The monoisotopic (exact) mass is 522 g/mol. The number of carbonyl (C=O) groups is 1. The minimum Gasteiger partial charge on any atom is -0.497 e. The zero-order chi connectivity index (χ0) is 28.0. The second kappa shape index (κ2) is 13.5. The molecule has 5 nitrogen and oxygen atoms in total. The lowest BCUT2D eigenvalue weighted by molar-refractivity contribution is -0.137. The molecule has 36 heavy (non-hydrogen) atoms. The number of ether oxygens (including phenoxy) is 2. The third kappa shape index (κ3) is 8.68. The highest BCUT2D eigenvalue weighted by atomic mass is 28.4. The Kier molecular flexibility index (Phi) is 12.3. The largest absolute Gasteiger partial charge is 0.497 e. The first kappa shape index (κ1) is 32.8. The molecule has 0 saturated carbocycles. The molecule has 1 N–H and O–H groups in total. The molecule has 6 heteroatoms. The fourth-order valence-electron chi connectivity index (χ4n) is 4.59. The molecule has 208 valence electrons. The number of benzene rings is 1. The van der Waals surface area contributed by atoms with Crippen molar-refractivity contribution in [3.05, 3.63) is 29.8 Å². The molecule has 0 aliphatic carbocycles. The third-order valence-electron chi connectivity index (χ3n) is 8.11. The molecule has 6 atom stereocenters. The Bertz CT molecular complexity index is 797. The summed E-state index contributed by atoms with van der Waals surface area (Å²) in [5.74, 6) is 0.257. The summed E-state index contributed by atoms with van der Waals surface area (Å²) in [7, 11) is -0.399. The average Bonchev–Trinajstić information content (AvgIpc) is 2.79. The second-order valence-corrected chi connectivity index (χ2v) is 17.5. The van der Waals surface area contributed by atoms with E-state index in [9.17, 15) is 9.90 Å². The molecular formula is C30H54O5Si. The lowest BCUT2D eigenvalue weighted by Crippen LogP contribution is -2.50. The van der Waals surface area contributed by atoms with Gasteiger partial charge in [0.15, 0.2) is 8.32 Å². The van der Waals surface area contributed by atoms with E-state index in [0.717, 1.165) is 11.3 Å². The molecule has 1 aromatic rings. The summed E-state index contributed by atoms with van der Waals surface area (Å²) in [6.45, 7) is 25.8. The van der Waals surface area contributed by atoms with Crippen LogP contribution >= 0.6 is 0 Å². The molecule has 0 bridgehead atoms. The smallest absolute Gasteiger partial charge is 0.192 e. The van der Waals surface area contributed by atoms with Crippen LogP contribution < -0.4 is 4.74 Å². The number of aliphatic hydroxyl groups excluding tert-OH is 1. The van der Waals surface area contributed by atoms with E-state index in [1.807, 2.05) is 45.0 Å². The van der Waals surface area contributed by atoms with Gasteiger partial charge in [0.05, 0.1) is 32.0 Å². The molecule has 0 saturated heterocycles. The first-order valence-electron chi connectivity index (χ1n) is 13.6. The zero-order valence-electron chi connectivity index (χ0n) is 25.2. The molecular weight excluding hydrogens is 468 g/mol. The highest BCUT2D eigenvalue weighted by Gasteiger charge is 2.43. The van der Waals surface area contributed by atoms with Gasteiger partial charge < -0.3 is 19.0 Å². The SMILES string of the molecule is COc1ccc(CO[C@H](C(C)C)[C@@H](C)[C@H](O)[C@@H](C)C(=O)[C@@H](C)[C@H](O[Si](C)(C)C(C)(C)C)C(C)C)cc1. The van der Waals surface area contributed by atoms with Gasteiger partial charge in [-0.05, 0) is 47.7 Å². The van der Waals surface area contributed by atoms with Crippen molar-refractivity contribution in [2.45, 2.75) is 112 Å². The molecule has 0 fully saturated rings. The maximum absolute atomic E-state index is 13.6.